The molecule has 0 aromatic heterocycles. The molecule has 2 rings (SSSR count). The van der Waals surface area contributed by atoms with Crippen LogP contribution in [0.1, 0.15) is 17.3 Å². The van der Waals surface area contributed by atoms with E-state index in [0.29, 0.717) is 0 Å². The molecule has 0 heterocycles. The summed E-state index contributed by atoms with van der Waals surface area (Å²) in [6, 6.07) is 9.30. The highest BCUT2D eigenvalue weighted by Crippen LogP contribution is 2.29. The number of sulfonamides is 1. The second kappa shape index (κ2) is 8.81. The number of para-hydroxylation sites is 1. The first-order valence-corrected chi connectivity index (χ1v) is 10.6. The molecule has 0 fully saturated rings. The number of hydrogen-bond acceptors (Lipinski definition) is 5. The van der Waals surface area contributed by atoms with Gasteiger partial charge in [-0.15, -0.1) is 0 Å². The minimum absolute atomic E-state index is 0.141. The van der Waals surface area contributed by atoms with E-state index in [-0.39, 0.29) is 27.0 Å². The van der Waals surface area contributed by atoms with E-state index in [9.17, 15) is 18.0 Å². The zero-order valence-electron chi connectivity index (χ0n) is 15.3. The van der Waals surface area contributed by atoms with Gasteiger partial charge in [-0.2, -0.15) is 0 Å². The number of benzene rings is 2. The summed E-state index contributed by atoms with van der Waals surface area (Å²) in [6.07, 6.45) is 0.966. The van der Waals surface area contributed by atoms with Crippen LogP contribution in [0, 0.1) is 0 Å². The van der Waals surface area contributed by atoms with Crippen LogP contribution in [0.25, 0.3) is 0 Å². The highest BCUT2D eigenvalue weighted by atomic mass is 35.5. The molecule has 7 nitrogen and oxygen atoms in total. The molecule has 0 aliphatic rings. The van der Waals surface area contributed by atoms with Gasteiger partial charge in [-0.1, -0.05) is 35.3 Å². The van der Waals surface area contributed by atoms with Crippen molar-refractivity contribution in [3.63, 3.8) is 0 Å². The van der Waals surface area contributed by atoms with Gasteiger partial charge >= 0.3 is 5.97 Å². The fourth-order valence-electron chi connectivity index (χ4n) is 2.59. The summed E-state index contributed by atoms with van der Waals surface area (Å²) >= 11 is 11.9. The number of anilines is 2. The molecular weight excluding hydrogens is 427 g/mol. The number of carbonyl (C=O) groups is 2. The maximum Gasteiger partial charge on any atom is 0.339 e. The predicted octanol–water partition coefficient (Wildman–Crippen LogP) is 3.57. The van der Waals surface area contributed by atoms with Crippen LogP contribution >= 0.6 is 23.2 Å². The van der Waals surface area contributed by atoms with Crippen molar-refractivity contribution in [3.05, 3.63) is 58.1 Å². The minimum Gasteiger partial charge on any atom is -0.465 e. The average molecular weight is 445 g/mol. The second-order valence-corrected chi connectivity index (χ2v) is 8.62. The number of ether oxygens (including phenoxy) is 1. The zero-order chi connectivity index (χ0) is 21.1. The molecule has 0 aliphatic carbocycles. The summed E-state index contributed by atoms with van der Waals surface area (Å²) in [7, 11) is -2.64. The van der Waals surface area contributed by atoms with Gasteiger partial charge in [-0.25, -0.2) is 13.2 Å². The van der Waals surface area contributed by atoms with Crippen molar-refractivity contribution in [2.45, 2.75) is 13.0 Å². The average Bonchev–Trinajstić information content (AvgIpc) is 2.59. The topological polar surface area (TPSA) is 92.8 Å². The largest absolute Gasteiger partial charge is 0.465 e. The van der Waals surface area contributed by atoms with Crippen molar-refractivity contribution in [3.8, 4) is 0 Å². The first-order chi connectivity index (χ1) is 13.0. The number of esters is 1. The fraction of sp³-hybridized carbons (Fsp3) is 0.222. The Morgan fingerprint density at radius 1 is 1.11 bits per heavy atom. The third-order valence-electron chi connectivity index (χ3n) is 3.78. The van der Waals surface area contributed by atoms with Crippen LogP contribution in [0.4, 0.5) is 11.4 Å². The number of carbonyl (C=O) groups excluding carboxylic acids is 2. The van der Waals surface area contributed by atoms with Crippen molar-refractivity contribution >= 4 is 56.5 Å². The number of halogens is 2. The molecule has 0 saturated carbocycles. The van der Waals surface area contributed by atoms with Gasteiger partial charge in [0.05, 0.1) is 30.3 Å². The smallest absolute Gasteiger partial charge is 0.339 e. The maximum absolute atomic E-state index is 12.8. The van der Waals surface area contributed by atoms with Crippen LogP contribution < -0.4 is 9.62 Å². The number of methoxy groups -OCH3 is 1. The van der Waals surface area contributed by atoms with Crippen molar-refractivity contribution in [2.24, 2.45) is 0 Å². The normalized spacial score (nSPS) is 12.2. The summed E-state index contributed by atoms with van der Waals surface area (Å²) in [5.41, 5.74) is 0.481. The fourth-order valence-corrected chi connectivity index (χ4v) is 4.27. The van der Waals surface area contributed by atoms with Gasteiger partial charge in [0.25, 0.3) is 0 Å². The zero-order valence-corrected chi connectivity index (χ0v) is 17.6. The summed E-state index contributed by atoms with van der Waals surface area (Å²) < 4.78 is 30.3. The Bertz CT molecular complexity index is 991. The van der Waals surface area contributed by atoms with E-state index in [1.54, 1.807) is 12.1 Å². The summed E-state index contributed by atoms with van der Waals surface area (Å²) in [5, 5.41) is 3.01. The Balaban J connectivity index is 2.40. The highest BCUT2D eigenvalue weighted by Gasteiger charge is 2.30. The van der Waals surface area contributed by atoms with Gasteiger partial charge in [0.15, 0.2) is 0 Å². The van der Waals surface area contributed by atoms with E-state index in [2.05, 4.69) is 5.32 Å². The number of hydrogen-bond donors (Lipinski definition) is 1. The van der Waals surface area contributed by atoms with Gasteiger partial charge < -0.3 is 10.1 Å². The monoisotopic (exact) mass is 444 g/mol. The number of nitrogens with one attached hydrogen (secondary N) is 1. The lowest BCUT2D eigenvalue weighted by molar-refractivity contribution is -0.116. The van der Waals surface area contributed by atoms with Crippen molar-refractivity contribution in [1.82, 2.24) is 0 Å². The van der Waals surface area contributed by atoms with E-state index in [4.69, 9.17) is 27.9 Å². The van der Waals surface area contributed by atoms with E-state index in [1.165, 1.54) is 44.4 Å². The lowest BCUT2D eigenvalue weighted by Gasteiger charge is -2.28. The Morgan fingerprint density at radius 3 is 2.21 bits per heavy atom. The molecule has 150 valence electrons. The van der Waals surface area contributed by atoms with Gasteiger partial charge in [0, 0.05) is 10.0 Å². The van der Waals surface area contributed by atoms with Crippen LogP contribution in [0.3, 0.4) is 0 Å². The molecule has 0 aliphatic heterocycles. The van der Waals surface area contributed by atoms with E-state index in [0.717, 1.165) is 10.6 Å². The van der Waals surface area contributed by atoms with Crippen LogP contribution in [0.5, 0.6) is 0 Å². The molecule has 1 amide bonds. The molecule has 0 bridgehead atoms. The van der Waals surface area contributed by atoms with E-state index >= 15 is 0 Å². The molecule has 2 aromatic carbocycles. The number of amides is 1. The third kappa shape index (κ3) is 5.15. The molecule has 0 spiro atoms. The van der Waals surface area contributed by atoms with Crippen LogP contribution in [0.15, 0.2) is 42.5 Å². The Morgan fingerprint density at radius 2 is 1.68 bits per heavy atom. The van der Waals surface area contributed by atoms with Gasteiger partial charge in [0.1, 0.15) is 6.04 Å². The molecule has 28 heavy (non-hydrogen) atoms. The SMILES string of the molecule is COC(=O)c1ccccc1NC(=O)C(C)N(c1cc(Cl)cc(Cl)c1)S(C)(=O)=O. The quantitative estimate of drug-likeness (QED) is 0.687. The van der Waals surface area contributed by atoms with E-state index in [1.807, 2.05) is 0 Å². The van der Waals surface area contributed by atoms with E-state index < -0.39 is 27.9 Å². The lowest BCUT2D eigenvalue weighted by Crippen LogP contribution is -2.45. The third-order valence-corrected chi connectivity index (χ3v) is 5.46. The first kappa shape index (κ1) is 22.0. The molecule has 2 aromatic rings. The number of rotatable bonds is 6. The number of nitrogens with zero attached hydrogens (tertiary/aromatic N) is 1. The van der Waals surface area contributed by atoms with Crippen molar-refractivity contribution in [1.29, 1.82) is 0 Å². The summed E-state index contributed by atoms with van der Waals surface area (Å²) in [5.74, 6) is -1.29. The Labute approximate surface area is 173 Å². The molecule has 10 heteroatoms. The second-order valence-electron chi connectivity index (χ2n) is 5.89. The van der Waals surface area contributed by atoms with Gasteiger partial charge in [-0.05, 0) is 37.3 Å². The Hall–Kier alpha value is -2.29. The predicted molar refractivity (Wildman–Crippen MR) is 110 cm³/mol. The molecule has 0 saturated heterocycles. The van der Waals surface area contributed by atoms with Crippen LogP contribution in [-0.2, 0) is 19.6 Å². The molecule has 1 atom stereocenters. The lowest BCUT2D eigenvalue weighted by atomic mass is 10.1. The standard InChI is InChI=1S/C18H18Cl2N2O5S/c1-11(17(23)21-16-7-5-4-6-15(16)18(24)27-2)22(28(3,25)26)14-9-12(19)8-13(20)10-14/h4-11H,1-3H3,(H,21,23). The van der Waals surface area contributed by atoms with Crippen LogP contribution in [0.2, 0.25) is 10.0 Å². The first-order valence-electron chi connectivity index (χ1n) is 7.98. The van der Waals surface area contributed by atoms with Gasteiger partial charge in [0.2, 0.25) is 15.9 Å². The Kier molecular flexibility index (Phi) is 6.92. The van der Waals surface area contributed by atoms with Gasteiger partial charge in [-0.3, -0.25) is 9.10 Å². The maximum atomic E-state index is 12.8. The summed E-state index contributed by atoms with van der Waals surface area (Å²) in [6.45, 7) is 1.41. The molecule has 1 unspecified atom stereocenters. The van der Waals surface area contributed by atoms with Crippen molar-refractivity contribution < 1.29 is 22.7 Å². The minimum atomic E-state index is -3.86. The molecular formula is C18H18Cl2N2O5S. The van der Waals surface area contributed by atoms with Crippen molar-refractivity contribution in [2.75, 3.05) is 23.0 Å². The highest BCUT2D eigenvalue weighted by molar-refractivity contribution is 7.92. The van der Waals surface area contributed by atoms with Crippen LogP contribution in [-0.4, -0.2) is 39.7 Å². The molecule has 1 N–H and O–H groups in total. The molecule has 0 radical (unpaired) electrons. The summed E-state index contributed by atoms with van der Waals surface area (Å²) in [4.78, 5) is 24.6.